The summed E-state index contributed by atoms with van der Waals surface area (Å²) in [4.78, 5) is 37.1. The second-order valence-corrected chi connectivity index (χ2v) is 18.3. The molecule has 0 aliphatic heterocycles. The van der Waals surface area contributed by atoms with Crippen LogP contribution in [-0.4, -0.2) is 75.5 Å². The fourth-order valence-corrected chi connectivity index (χ4v) is 7.23. The fraction of sp³-hybridized carbons (Fsp3) is 0.672. The number of allylic oxidation sites excluding steroid dienone is 16. The van der Waals surface area contributed by atoms with E-state index in [1.807, 2.05) is 0 Å². The van der Waals surface area contributed by atoms with E-state index in [-0.39, 0.29) is 42.7 Å². The van der Waals surface area contributed by atoms with Gasteiger partial charge >= 0.3 is 11.9 Å². The van der Waals surface area contributed by atoms with Gasteiger partial charge in [0.05, 0.1) is 40.3 Å². The van der Waals surface area contributed by atoms with Crippen LogP contribution in [0.3, 0.4) is 0 Å². The van der Waals surface area contributed by atoms with Gasteiger partial charge in [0, 0.05) is 19.3 Å². The van der Waals surface area contributed by atoms with Gasteiger partial charge in [-0.1, -0.05) is 188 Å². The Morgan fingerprint density at radius 1 is 0.455 bits per heavy atom. The molecule has 2 unspecified atom stereocenters. The van der Waals surface area contributed by atoms with E-state index < -0.39 is 18.1 Å². The molecule has 0 N–H and O–H groups in total. The van der Waals surface area contributed by atoms with Gasteiger partial charge in [-0.05, 0) is 89.9 Å². The minimum absolute atomic E-state index is 0.0290. The molecule has 0 radical (unpaired) electrons. The zero-order valence-corrected chi connectivity index (χ0v) is 42.8. The number of esters is 2. The average molecular weight is 920 g/mol. The van der Waals surface area contributed by atoms with E-state index in [4.69, 9.17) is 14.2 Å². The number of unbranched alkanes of at least 4 members (excludes halogenated alkanes) is 16. The van der Waals surface area contributed by atoms with Gasteiger partial charge in [-0.15, -0.1) is 0 Å². The Bertz CT molecular complexity index is 1400. The maximum Gasteiger partial charge on any atom is 0.306 e. The predicted octanol–water partition coefficient (Wildman–Crippen LogP) is 14.1. The number of hydrogen-bond donors (Lipinski definition) is 0. The van der Waals surface area contributed by atoms with Crippen molar-refractivity contribution in [2.45, 2.75) is 212 Å². The molecule has 0 saturated carbocycles. The predicted molar refractivity (Wildman–Crippen MR) is 277 cm³/mol. The number of carbonyl (C=O) groups is 3. The number of carbonyl (C=O) groups excluding carboxylic acids is 3. The van der Waals surface area contributed by atoms with Crippen LogP contribution in [0.15, 0.2) is 97.2 Å². The Balaban J connectivity index is 4.28. The molecule has 0 aromatic rings. The summed E-state index contributed by atoms with van der Waals surface area (Å²) in [5.74, 6) is -1.76. The molecule has 0 heterocycles. The summed E-state index contributed by atoms with van der Waals surface area (Å²) in [6.07, 6.45) is 64.3. The van der Waals surface area contributed by atoms with Crippen molar-refractivity contribution in [1.29, 1.82) is 0 Å². The average Bonchev–Trinajstić information content (AvgIpc) is 3.28. The first-order valence-electron chi connectivity index (χ1n) is 26.3. The number of quaternary nitrogens is 1. The van der Waals surface area contributed by atoms with Gasteiger partial charge in [0.2, 0.25) is 0 Å². The van der Waals surface area contributed by atoms with Gasteiger partial charge in [-0.3, -0.25) is 9.59 Å². The van der Waals surface area contributed by atoms with Crippen molar-refractivity contribution in [3.8, 4) is 0 Å². The number of rotatable bonds is 46. The van der Waals surface area contributed by atoms with Crippen LogP contribution in [-0.2, 0) is 28.6 Å². The molecule has 8 nitrogen and oxygen atoms in total. The molecular weight excluding hydrogens is 823 g/mol. The van der Waals surface area contributed by atoms with Crippen molar-refractivity contribution in [3.05, 3.63) is 97.2 Å². The maximum absolute atomic E-state index is 12.8. The zero-order valence-electron chi connectivity index (χ0n) is 42.8. The van der Waals surface area contributed by atoms with Crippen molar-refractivity contribution in [3.63, 3.8) is 0 Å². The molecule has 0 aliphatic carbocycles. The van der Waals surface area contributed by atoms with Gasteiger partial charge in [0.1, 0.15) is 12.6 Å². The number of nitrogens with zero attached hydrogens (tertiary/aromatic N) is 1. The number of carboxylic acid groups (broad SMARTS) is 1. The lowest BCUT2D eigenvalue weighted by molar-refractivity contribution is -0.889. The highest BCUT2D eigenvalue weighted by Gasteiger charge is 2.25. The number of likely N-dealkylation sites (N-methyl/N-ethyl adjacent to an activating group) is 1. The minimum atomic E-state index is -1.13. The highest BCUT2D eigenvalue weighted by molar-refractivity contribution is 5.70. The lowest BCUT2D eigenvalue weighted by Crippen LogP contribution is -2.55. The highest BCUT2D eigenvalue weighted by Crippen LogP contribution is 2.15. The van der Waals surface area contributed by atoms with Crippen molar-refractivity contribution >= 4 is 17.9 Å². The summed E-state index contributed by atoms with van der Waals surface area (Å²) in [6, 6.07) is -0.735. The summed E-state index contributed by atoms with van der Waals surface area (Å²) < 4.78 is 17.2. The Hall–Kier alpha value is -3.75. The van der Waals surface area contributed by atoms with Crippen LogP contribution in [0.4, 0.5) is 0 Å². The third-order valence-corrected chi connectivity index (χ3v) is 11.2. The molecule has 0 spiro atoms. The van der Waals surface area contributed by atoms with Gasteiger partial charge in [0.15, 0.2) is 6.10 Å². The molecule has 2 atom stereocenters. The molecule has 0 fully saturated rings. The summed E-state index contributed by atoms with van der Waals surface area (Å²) in [5.41, 5.74) is 0. The largest absolute Gasteiger partial charge is 0.544 e. The second kappa shape index (κ2) is 47.7. The number of ether oxygens (including phenoxy) is 3. The van der Waals surface area contributed by atoms with Crippen molar-refractivity contribution in [2.75, 3.05) is 41.0 Å². The lowest BCUT2D eigenvalue weighted by atomic mass is 10.0. The van der Waals surface area contributed by atoms with Gasteiger partial charge in [0.25, 0.3) is 0 Å². The molecule has 0 aliphatic rings. The lowest BCUT2D eigenvalue weighted by Gasteiger charge is -2.34. The third-order valence-electron chi connectivity index (χ3n) is 11.2. The SMILES string of the molecule is CC/C=C/C/C=C/C/C=C/C/C=C/C/C=C/CCCCCCCCC(=O)OCC(COCCC(C(=O)[O-])[N+](C)(C)C)OC(=O)CCCCCCCCCCCC/C=C/C/C=C/C/C=C/CC. The fourth-order valence-electron chi connectivity index (χ4n) is 7.23. The standard InChI is InChI=1S/C58H97NO7/c1-6-8-10-12-14-16-18-20-22-24-26-28-29-31-32-34-36-38-40-42-44-46-48-56(60)65-53-54(52-64-51-50-55(58(62)63)59(3,4)5)66-57(61)49-47-45-43-41-39-37-35-33-30-27-25-23-21-19-17-15-13-11-9-7-2/h8-11,14-17,20-23,26,28,31-32,54-55H,6-7,12-13,18-19,24-25,27,29-30,33-53H2,1-5H3/b10-8+,11-9+,16-14+,17-15+,22-20+,23-21+,28-26+,32-31+. The molecule has 0 saturated heterocycles. The van der Waals surface area contributed by atoms with Crippen molar-refractivity contribution in [1.82, 2.24) is 0 Å². The maximum atomic E-state index is 12.8. The molecule has 0 amide bonds. The van der Waals surface area contributed by atoms with E-state index >= 15 is 0 Å². The summed E-state index contributed by atoms with van der Waals surface area (Å²) >= 11 is 0. The van der Waals surface area contributed by atoms with Gasteiger partial charge < -0.3 is 28.6 Å². The van der Waals surface area contributed by atoms with Crippen LogP contribution in [0.2, 0.25) is 0 Å². The first-order valence-corrected chi connectivity index (χ1v) is 26.3. The number of aliphatic carboxylic acids is 1. The topological polar surface area (TPSA) is 102 Å². The normalized spacial score (nSPS) is 13.7. The Kier molecular flexibility index (Phi) is 45.0. The van der Waals surface area contributed by atoms with Crippen LogP contribution in [0.5, 0.6) is 0 Å². The molecule has 8 heteroatoms. The molecule has 0 aromatic heterocycles. The van der Waals surface area contributed by atoms with E-state index in [9.17, 15) is 19.5 Å². The summed E-state index contributed by atoms with van der Waals surface area (Å²) in [7, 11) is 5.40. The smallest absolute Gasteiger partial charge is 0.306 e. The van der Waals surface area contributed by atoms with Crippen LogP contribution in [0, 0.1) is 0 Å². The van der Waals surface area contributed by atoms with Crippen molar-refractivity contribution in [2.24, 2.45) is 0 Å². The Morgan fingerprint density at radius 2 is 0.803 bits per heavy atom. The van der Waals surface area contributed by atoms with Gasteiger partial charge in [-0.25, -0.2) is 0 Å². The van der Waals surface area contributed by atoms with Gasteiger partial charge in [-0.2, -0.15) is 0 Å². The van der Waals surface area contributed by atoms with Crippen LogP contribution < -0.4 is 5.11 Å². The third kappa shape index (κ3) is 45.4. The molecule has 0 bridgehead atoms. The molecule has 0 rings (SSSR count). The molecular formula is C58H97NO7. The zero-order chi connectivity index (χ0) is 48.4. The van der Waals surface area contributed by atoms with Crippen molar-refractivity contribution < 1.29 is 38.2 Å². The van der Waals surface area contributed by atoms with Crippen LogP contribution in [0.1, 0.15) is 200 Å². The molecule has 0 aromatic carbocycles. The number of hydrogen-bond acceptors (Lipinski definition) is 7. The second-order valence-electron chi connectivity index (χ2n) is 18.3. The van der Waals surface area contributed by atoms with E-state index in [0.717, 1.165) is 103 Å². The Morgan fingerprint density at radius 3 is 1.18 bits per heavy atom. The summed E-state index contributed by atoms with van der Waals surface area (Å²) in [6.45, 7) is 4.42. The number of carboxylic acids is 1. The van der Waals surface area contributed by atoms with E-state index in [1.54, 1.807) is 21.1 Å². The molecule has 66 heavy (non-hydrogen) atoms. The Labute approximate surface area is 405 Å². The van der Waals surface area contributed by atoms with E-state index in [1.165, 1.54) is 64.2 Å². The highest BCUT2D eigenvalue weighted by atomic mass is 16.6. The monoisotopic (exact) mass is 920 g/mol. The van der Waals surface area contributed by atoms with Crippen LogP contribution in [0.25, 0.3) is 0 Å². The summed E-state index contributed by atoms with van der Waals surface area (Å²) in [5, 5.41) is 11.7. The van der Waals surface area contributed by atoms with E-state index in [0.29, 0.717) is 12.8 Å². The quantitative estimate of drug-likeness (QED) is 0.0259. The van der Waals surface area contributed by atoms with Crippen LogP contribution >= 0.6 is 0 Å². The van der Waals surface area contributed by atoms with E-state index in [2.05, 4.69) is 111 Å². The minimum Gasteiger partial charge on any atom is -0.544 e. The first kappa shape index (κ1) is 62.2. The first-order chi connectivity index (χ1) is 32.1. The molecule has 376 valence electrons.